The highest BCUT2D eigenvalue weighted by Gasteiger charge is 2.07. The summed E-state index contributed by atoms with van der Waals surface area (Å²) in [5.41, 5.74) is 3.77. The molecule has 19 heavy (non-hydrogen) atoms. The van der Waals surface area contributed by atoms with E-state index in [0.29, 0.717) is 5.56 Å². The van der Waals surface area contributed by atoms with Crippen LogP contribution in [0.5, 0.6) is 0 Å². The van der Waals surface area contributed by atoms with Gasteiger partial charge in [0.1, 0.15) is 0 Å². The largest absolute Gasteiger partial charge is 0.322 e. The first-order chi connectivity index (χ1) is 9.10. The molecule has 2 aromatic rings. The Morgan fingerprint density at radius 1 is 1.21 bits per heavy atom. The van der Waals surface area contributed by atoms with Crippen molar-refractivity contribution in [2.24, 2.45) is 0 Å². The quantitative estimate of drug-likeness (QED) is 0.882. The molecule has 3 heteroatoms. The molecule has 0 heterocycles. The van der Waals surface area contributed by atoms with Gasteiger partial charge in [0.05, 0.1) is 0 Å². The van der Waals surface area contributed by atoms with Crippen LogP contribution in [-0.2, 0) is 6.42 Å². The van der Waals surface area contributed by atoms with E-state index in [1.54, 1.807) is 0 Å². The predicted molar refractivity (Wildman–Crippen MR) is 82.7 cm³/mol. The number of hydrogen-bond acceptors (Lipinski definition) is 1. The molecule has 1 N–H and O–H groups in total. The number of carbonyl (C=O) groups is 1. The first-order valence-corrected chi connectivity index (χ1v) is 7.06. The molecule has 0 atom stereocenters. The van der Waals surface area contributed by atoms with Crippen LogP contribution in [0, 0.1) is 6.92 Å². The summed E-state index contributed by atoms with van der Waals surface area (Å²) >= 11 is 3.43. The van der Waals surface area contributed by atoms with Crippen LogP contribution in [0.3, 0.4) is 0 Å². The van der Waals surface area contributed by atoms with Gasteiger partial charge >= 0.3 is 0 Å². The van der Waals surface area contributed by atoms with Gasteiger partial charge in [-0.25, -0.2) is 0 Å². The zero-order chi connectivity index (χ0) is 13.8. The summed E-state index contributed by atoms with van der Waals surface area (Å²) < 4.78 is 1.01. The van der Waals surface area contributed by atoms with Gasteiger partial charge in [-0.05, 0) is 54.8 Å². The number of halogens is 1. The number of anilines is 1. The minimum Gasteiger partial charge on any atom is -0.322 e. The monoisotopic (exact) mass is 317 g/mol. The predicted octanol–water partition coefficient (Wildman–Crippen LogP) is 4.57. The molecule has 2 rings (SSSR count). The summed E-state index contributed by atoms with van der Waals surface area (Å²) in [6.45, 7) is 4.07. The second kappa shape index (κ2) is 6.02. The van der Waals surface area contributed by atoms with E-state index in [2.05, 4.69) is 34.2 Å². The minimum atomic E-state index is -0.0798. The van der Waals surface area contributed by atoms with Gasteiger partial charge in [-0.15, -0.1) is 0 Å². The van der Waals surface area contributed by atoms with E-state index < -0.39 is 0 Å². The Kier molecular flexibility index (Phi) is 4.38. The lowest BCUT2D eigenvalue weighted by Gasteiger charge is -2.08. The number of nitrogens with one attached hydrogen (secondary N) is 1. The standard InChI is InChI=1S/C16H16BrNO/c1-3-12-5-4-6-14(10-12)18-16(19)13-7-8-15(17)11(2)9-13/h4-10H,3H2,1-2H3,(H,18,19). The van der Waals surface area contributed by atoms with Crippen LogP contribution in [0.25, 0.3) is 0 Å². The van der Waals surface area contributed by atoms with Crippen molar-refractivity contribution >= 4 is 27.5 Å². The molecule has 0 aliphatic heterocycles. The summed E-state index contributed by atoms with van der Waals surface area (Å²) in [6, 6.07) is 13.5. The van der Waals surface area contributed by atoms with Crippen molar-refractivity contribution in [3.05, 3.63) is 63.6 Å². The van der Waals surface area contributed by atoms with Gasteiger partial charge in [0.25, 0.3) is 5.91 Å². The molecule has 0 saturated heterocycles. The van der Waals surface area contributed by atoms with E-state index in [0.717, 1.165) is 22.1 Å². The average molecular weight is 318 g/mol. The molecule has 0 radical (unpaired) electrons. The highest BCUT2D eigenvalue weighted by molar-refractivity contribution is 9.10. The highest BCUT2D eigenvalue weighted by atomic mass is 79.9. The lowest BCUT2D eigenvalue weighted by Crippen LogP contribution is -2.12. The molecule has 0 saturated carbocycles. The van der Waals surface area contributed by atoms with Crippen molar-refractivity contribution in [2.45, 2.75) is 20.3 Å². The lowest BCUT2D eigenvalue weighted by atomic mass is 10.1. The zero-order valence-corrected chi connectivity index (χ0v) is 12.6. The van der Waals surface area contributed by atoms with Crippen molar-refractivity contribution in [3.8, 4) is 0 Å². The van der Waals surface area contributed by atoms with Crippen LogP contribution in [-0.4, -0.2) is 5.91 Å². The van der Waals surface area contributed by atoms with E-state index in [-0.39, 0.29) is 5.91 Å². The smallest absolute Gasteiger partial charge is 0.255 e. The Balaban J connectivity index is 2.18. The van der Waals surface area contributed by atoms with Gasteiger partial charge in [0.2, 0.25) is 0 Å². The fourth-order valence-corrected chi connectivity index (χ4v) is 2.10. The Bertz CT molecular complexity index is 607. The van der Waals surface area contributed by atoms with Crippen LogP contribution in [0.1, 0.15) is 28.4 Å². The van der Waals surface area contributed by atoms with Gasteiger partial charge < -0.3 is 5.32 Å². The summed E-state index contributed by atoms with van der Waals surface area (Å²) in [7, 11) is 0. The van der Waals surface area contributed by atoms with Crippen LogP contribution < -0.4 is 5.32 Å². The van der Waals surface area contributed by atoms with E-state index in [9.17, 15) is 4.79 Å². The van der Waals surface area contributed by atoms with E-state index >= 15 is 0 Å². The van der Waals surface area contributed by atoms with Gasteiger partial charge in [-0.3, -0.25) is 4.79 Å². The first kappa shape index (κ1) is 13.8. The molecule has 0 aliphatic carbocycles. The van der Waals surface area contributed by atoms with Gasteiger partial charge in [0, 0.05) is 15.7 Å². The van der Waals surface area contributed by atoms with Crippen molar-refractivity contribution < 1.29 is 4.79 Å². The minimum absolute atomic E-state index is 0.0798. The maximum Gasteiger partial charge on any atom is 0.255 e. The van der Waals surface area contributed by atoms with E-state index in [1.165, 1.54) is 5.56 Å². The molecule has 0 unspecified atom stereocenters. The van der Waals surface area contributed by atoms with Crippen molar-refractivity contribution in [2.75, 3.05) is 5.32 Å². The molecule has 0 aromatic heterocycles. The van der Waals surface area contributed by atoms with Gasteiger partial charge in [-0.2, -0.15) is 0 Å². The molecule has 98 valence electrons. The number of aryl methyl sites for hydroxylation is 2. The fourth-order valence-electron chi connectivity index (χ4n) is 1.86. The topological polar surface area (TPSA) is 29.1 Å². The molecule has 0 spiro atoms. The average Bonchev–Trinajstić information content (AvgIpc) is 2.42. The van der Waals surface area contributed by atoms with Crippen molar-refractivity contribution in [1.29, 1.82) is 0 Å². The number of hydrogen-bond donors (Lipinski definition) is 1. The number of rotatable bonds is 3. The Hall–Kier alpha value is -1.61. The molecular weight excluding hydrogens is 302 g/mol. The fraction of sp³-hybridized carbons (Fsp3) is 0.188. The van der Waals surface area contributed by atoms with Crippen LogP contribution in [0.2, 0.25) is 0 Å². The van der Waals surface area contributed by atoms with Crippen molar-refractivity contribution in [3.63, 3.8) is 0 Å². The normalized spacial score (nSPS) is 10.3. The molecule has 0 aliphatic rings. The maximum atomic E-state index is 12.2. The second-order valence-corrected chi connectivity index (χ2v) is 5.33. The molecule has 2 aromatic carbocycles. The molecule has 2 nitrogen and oxygen atoms in total. The zero-order valence-electron chi connectivity index (χ0n) is 11.0. The van der Waals surface area contributed by atoms with Crippen molar-refractivity contribution in [1.82, 2.24) is 0 Å². The van der Waals surface area contributed by atoms with E-state index in [1.807, 2.05) is 43.3 Å². The van der Waals surface area contributed by atoms with E-state index in [4.69, 9.17) is 0 Å². The summed E-state index contributed by atoms with van der Waals surface area (Å²) in [5.74, 6) is -0.0798. The summed E-state index contributed by atoms with van der Waals surface area (Å²) in [6.07, 6.45) is 0.959. The Morgan fingerprint density at radius 3 is 2.68 bits per heavy atom. The third kappa shape index (κ3) is 3.44. The maximum absolute atomic E-state index is 12.2. The lowest BCUT2D eigenvalue weighted by molar-refractivity contribution is 0.102. The highest BCUT2D eigenvalue weighted by Crippen LogP contribution is 2.18. The third-order valence-corrected chi connectivity index (χ3v) is 3.90. The first-order valence-electron chi connectivity index (χ1n) is 6.26. The third-order valence-electron chi connectivity index (χ3n) is 3.01. The van der Waals surface area contributed by atoms with Gasteiger partial charge in [-0.1, -0.05) is 35.0 Å². The Morgan fingerprint density at radius 2 is 2.00 bits per heavy atom. The number of amides is 1. The Labute approximate surface area is 122 Å². The van der Waals surface area contributed by atoms with Crippen LogP contribution in [0.4, 0.5) is 5.69 Å². The molecular formula is C16H16BrNO. The van der Waals surface area contributed by atoms with Crippen LogP contribution >= 0.6 is 15.9 Å². The second-order valence-electron chi connectivity index (χ2n) is 4.47. The molecule has 0 bridgehead atoms. The van der Waals surface area contributed by atoms with Crippen LogP contribution in [0.15, 0.2) is 46.9 Å². The molecule has 0 fully saturated rings. The number of benzene rings is 2. The number of carbonyl (C=O) groups excluding carboxylic acids is 1. The summed E-state index contributed by atoms with van der Waals surface area (Å²) in [4.78, 5) is 12.2. The SMILES string of the molecule is CCc1cccc(NC(=O)c2ccc(Br)c(C)c2)c1. The summed E-state index contributed by atoms with van der Waals surface area (Å²) in [5, 5.41) is 2.93. The van der Waals surface area contributed by atoms with Gasteiger partial charge in [0.15, 0.2) is 0 Å². The molecule has 1 amide bonds.